The summed E-state index contributed by atoms with van der Waals surface area (Å²) >= 11 is 1.66. The van der Waals surface area contributed by atoms with Crippen LogP contribution in [0.25, 0.3) is 11.1 Å². The molecule has 2 heterocycles. The van der Waals surface area contributed by atoms with Crippen LogP contribution in [0.2, 0.25) is 0 Å². The molecule has 4 atom stereocenters. The number of aliphatic hydroxyl groups excluding tert-OH is 1. The lowest BCUT2D eigenvalue weighted by Gasteiger charge is -2.41. The topological polar surface area (TPSA) is 118 Å². The van der Waals surface area contributed by atoms with E-state index in [1.807, 2.05) is 91.0 Å². The number of carboxylic acid groups (broad SMARTS) is 1. The number of carboxylic acids is 1. The number of aromatic nitrogens is 1. The summed E-state index contributed by atoms with van der Waals surface area (Å²) in [6.45, 7) is 2.49. The van der Waals surface area contributed by atoms with Crippen molar-refractivity contribution < 1.29 is 29.3 Å². The number of pyridine rings is 1. The molecule has 1 aliphatic heterocycles. The Morgan fingerprint density at radius 1 is 0.889 bits per heavy atom. The second kappa shape index (κ2) is 15.8. The third-order valence-electron chi connectivity index (χ3n) is 7.94. The molecule has 9 heteroatoms. The van der Waals surface area contributed by atoms with Gasteiger partial charge in [0.25, 0.3) is 0 Å². The van der Waals surface area contributed by atoms with Crippen LogP contribution in [0.3, 0.4) is 0 Å². The Bertz CT molecular complexity index is 1550. The summed E-state index contributed by atoms with van der Waals surface area (Å²) < 4.78 is 13.2. The fourth-order valence-corrected chi connectivity index (χ4v) is 6.40. The summed E-state index contributed by atoms with van der Waals surface area (Å²) in [4.78, 5) is 27.5. The normalized spacial score (nSPS) is 19.6. The summed E-state index contributed by atoms with van der Waals surface area (Å²) in [7, 11) is 0. The van der Waals surface area contributed by atoms with E-state index in [-0.39, 0.29) is 43.5 Å². The molecule has 0 radical (unpaired) electrons. The number of ether oxygens (including phenoxy) is 2. The highest BCUT2D eigenvalue weighted by molar-refractivity contribution is 7.99. The Kier molecular flexibility index (Phi) is 11.4. The van der Waals surface area contributed by atoms with Crippen molar-refractivity contribution in [3.8, 4) is 11.1 Å². The van der Waals surface area contributed by atoms with Gasteiger partial charge in [0.05, 0.1) is 23.8 Å². The molecule has 234 valence electrons. The number of benzene rings is 3. The molecule has 1 saturated heterocycles. The van der Waals surface area contributed by atoms with Gasteiger partial charge in [-0.15, -0.1) is 11.8 Å². The Morgan fingerprint density at radius 3 is 2.33 bits per heavy atom. The van der Waals surface area contributed by atoms with Gasteiger partial charge in [-0.25, -0.2) is 4.98 Å². The van der Waals surface area contributed by atoms with Gasteiger partial charge >= 0.3 is 5.97 Å². The number of nitrogens with zero attached hydrogens (tertiary/aromatic N) is 1. The second-order valence-electron chi connectivity index (χ2n) is 11.1. The lowest BCUT2D eigenvalue weighted by atomic mass is 9.91. The average Bonchev–Trinajstić information content (AvgIpc) is 3.07. The van der Waals surface area contributed by atoms with E-state index in [0.29, 0.717) is 13.0 Å². The zero-order chi connectivity index (χ0) is 31.6. The van der Waals surface area contributed by atoms with Crippen molar-refractivity contribution >= 4 is 23.6 Å². The minimum absolute atomic E-state index is 0.00886. The number of amides is 1. The van der Waals surface area contributed by atoms with Crippen molar-refractivity contribution in [2.75, 3.05) is 5.75 Å². The molecule has 5 rings (SSSR count). The number of aliphatic carboxylic acids is 1. The van der Waals surface area contributed by atoms with Crippen molar-refractivity contribution in [3.63, 3.8) is 0 Å². The van der Waals surface area contributed by atoms with Crippen LogP contribution in [0.1, 0.15) is 60.8 Å². The van der Waals surface area contributed by atoms with Crippen LogP contribution in [0.5, 0.6) is 0 Å². The number of rotatable bonds is 13. The maximum atomic E-state index is 12.3. The minimum atomic E-state index is -0.902. The van der Waals surface area contributed by atoms with Crippen LogP contribution in [-0.2, 0) is 32.2 Å². The maximum absolute atomic E-state index is 12.3. The fourth-order valence-electron chi connectivity index (χ4n) is 5.37. The summed E-state index contributed by atoms with van der Waals surface area (Å²) in [6, 6.07) is 29.8. The third kappa shape index (κ3) is 8.79. The number of aliphatic hydroxyl groups is 1. The first-order chi connectivity index (χ1) is 21.9. The standard InChI is InChI=1S/C36H38N2O6S/c1-24-31(23-45-33-10-4-5-20-37-33)43-36(44-35(24)27-14-12-25(22-39)13-15-27)28-18-16-26(17-19-28)30-8-3-2-7-29(30)21-38-32(40)9-6-11-34(41)42/h2-5,7-8,10,12-20,24,31,35-36,39H,6,9,11,21-23H2,1H3,(H,38,40)(H,41,42). The molecule has 4 aromatic rings. The number of hydrogen-bond acceptors (Lipinski definition) is 7. The molecule has 4 unspecified atom stereocenters. The van der Waals surface area contributed by atoms with Gasteiger partial charge in [0.1, 0.15) is 0 Å². The van der Waals surface area contributed by atoms with E-state index < -0.39 is 12.3 Å². The Labute approximate surface area is 267 Å². The molecule has 0 saturated carbocycles. The second-order valence-corrected chi connectivity index (χ2v) is 12.1. The number of carbonyl (C=O) groups is 2. The van der Waals surface area contributed by atoms with Crippen molar-refractivity contribution in [1.29, 1.82) is 0 Å². The lowest BCUT2D eigenvalue weighted by molar-refractivity contribution is -0.268. The smallest absolute Gasteiger partial charge is 0.303 e. The van der Waals surface area contributed by atoms with E-state index in [1.165, 1.54) is 0 Å². The van der Waals surface area contributed by atoms with Gasteiger partial charge in [0, 0.05) is 42.8 Å². The third-order valence-corrected chi connectivity index (χ3v) is 8.97. The van der Waals surface area contributed by atoms with Crippen molar-refractivity contribution in [3.05, 3.63) is 119 Å². The first kappa shape index (κ1) is 32.4. The predicted octanol–water partition coefficient (Wildman–Crippen LogP) is 6.70. The Morgan fingerprint density at radius 2 is 1.62 bits per heavy atom. The molecule has 1 fully saturated rings. The van der Waals surface area contributed by atoms with Crippen LogP contribution < -0.4 is 5.32 Å². The number of thioether (sulfide) groups is 1. The Balaban J connectivity index is 1.32. The molecular weight excluding hydrogens is 588 g/mol. The molecular formula is C36H38N2O6S. The lowest BCUT2D eigenvalue weighted by Crippen LogP contribution is -2.38. The van der Waals surface area contributed by atoms with Gasteiger partial charge in [0.2, 0.25) is 5.91 Å². The molecule has 3 aromatic carbocycles. The first-order valence-corrected chi connectivity index (χ1v) is 16.1. The van der Waals surface area contributed by atoms with E-state index in [1.54, 1.807) is 18.0 Å². The van der Waals surface area contributed by atoms with Gasteiger partial charge in [0.15, 0.2) is 6.29 Å². The van der Waals surface area contributed by atoms with E-state index in [4.69, 9.17) is 14.6 Å². The van der Waals surface area contributed by atoms with E-state index in [9.17, 15) is 14.7 Å². The summed E-state index contributed by atoms with van der Waals surface area (Å²) in [5.74, 6) is -0.278. The monoisotopic (exact) mass is 626 g/mol. The molecule has 45 heavy (non-hydrogen) atoms. The highest BCUT2D eigenvalue weighted by atomic mass is 32.2. The highest BCUT2D eigenvalue weighted by Gasteiger charge is 2.38. The zero-order valence-corrected chi connectivity index (χ0v) is 26.0. The Hall–Kier alpha value is -4.02. The highest BCUT2D eigenvalue weighted by Crippen LogP contribution is 2.43. The molecule has 8 nitrogen and oxygen atoms in total. The SMILES string of the molecule is CC1C(CSc2ccccn2)OC(c2ccc(-c3ccccc3CNC(=O)CCCC(=O)O)cc2)OC1c1ccc(CO)cc1. The average molecular weight is 627 g/mol. The quantitative estimate of drug-likeness (QED) is 0.141. The van der Waals surface area contributed by atoms with E-state index in [0.717, 1.165) is 44.2 Å². The zero-order valence-electron chi connectivity index (χ0n) is 25.2. The molecule has 1 amide bonds. The summed E-state index contributed by atoms with van der Waals surface area (Å²) in [5, 5.41) is 22.2. The van der Waals surface area contributed by atoms with Gasteiger partial charge < -0.3 is 25.0 Å². The number of carbonyl (C=O) groups excluding carboxylic acids is 1. The van der Waals surface area contributed by atoms with Crippen LogP contribution in [-0.4, -0.2) is 38.9 Å². The molecule has 0 spiro atoms. The molecule has 3 N–H and O–H groups in total. The predicted molar refractivity (Wildman–Crippen MR) is 173 cm³/mol. The summed E-state index contributed by atoms with van der Waals surface area (Å²) in [5.41, 5.74) is 5.76. The minimum Gasteiger partial charge on any atom is -0.481 e. The maximum Gasteiger partial charge on any atom is 0.303 e. The van der Waals surface area contributed by atoms with Crippen LogP contribution >= 0.6 is 11.8 Å². The largest absolute Gasteiger partial charge is 0.481 e. The van der Waals surface area contributed by atoms with Gasteiger partial charge in [-0.1, -0.05) is 85.8 Å². The molecule has 1 aromatic heterocycles. The first-order valence-electron chi connectivity index (χ1n) is 15.1. The fraction of sp³-hybridized carbons (Fsp3) is 0.306. The van der Waals surface area contributed by atoms with Crippen LogP contribution in [0.15, 0.2) is 102 Å². The van der Waals surface area contributed by atoms with Crippen molar-refractivity contribution in [2.45, 2.75) is 62.9 Å². The van der Waals surface area contributed by atoms with Crippen LogP contribution in [0, 0.1) is 5.92 Å². The molecule has 1 aliphatic rings. The van der Waals surface area contributed by atoms with E-state index >= 15 is 0 Å². The van der Waals surface area contributed by atoms with Crippen molar-refractivity contribution in [2.24, 2.45) is 5.92 Å². The van der Waals surface area contributed by atoms with Gasteiger partial charge in [-0.05, 0) is 46.4 Å². The number of hydrogen-bond donors (Lipinski definition) is 3. The van der Waals surface area contributed by atoms with Crippen LogP contribution in [0.4, 0.5) is 0 Å². The van der Waals surface area contributed by atoms with Gasteiger partial charge in [-0.3, -0.25) is 9.59 Å². The van der Waals surface area contributed by atoms with Gasteiger partial charge in [-0.2, -0.15) is 0 Å². The molecule has 0 aliphatic carbocycles. The van der Waals surface area contributed by atoms with Crippen molar-refractivity contribution in [1.82, 2.24) is 10.3 Å². The molecule has 0 bridgehead atoms. The summed E-state index contributed by atoms with van der Waals surface area (Å²) in [6.07, 6.45) is 1.38. The van der Waals surface area contributed by atoms with E-state index in [2.05, 4.69) is 17.2 Å². The number of nitrogens with one attached hydrogen (secondary N) is 1.